The monoisotopic (exact) mass is 473 g/mol. The number of halogens is 1. The van der Waals surface area contributed by atoms with E-state index in [1.54, 1.807) is 12.1 Å². The smallest absolute Gasteiger partial charge is 0.243 e. The molecule has 7 nitrogen and oxygen atoms in total. The van der Waals surface area contributed by atoms with Gasteiger partial charge in [0.25, 0.3) is 0 Å². The summed E-state index contributed by atoms with van der Waals surface area (Å²) in [6.07, 6.45) is 4.80. The van der Waals surface area contributed by atoms with Gasteiger partial charge in [-0.3, -0.25) is 9.59 Å². The zero-order valence-electron chi connectivity index (χ0n) is 18.6. The van der Waals surface area contributed by atoms with E-state index in [1.165, 1.54) is 35.0 Å². The van der Waals surface area contributed by atoms with Crippen LogP contribution in [0, 0.1) is 11.7 Å². The van der Waals surface area contributed by atoms with E-state index >= 15 is 0 Å². The van der Waals surface area contributed by atoms with Crippen LogP contribution in [-0.2, 0) is 32.5 Å². The molecule has 0 saturated carbocycles. The lowest BCUT2D eigenvalue weighted by atomic mass is 9.92. The molecule has 2 aromatic carbocycles. The van der Waals surface area contributed by atoms with Crippen LogP contribution >= 0.6 is 0 Å². The maximum absolute atomic E-state index is 14.1. The molecule has 2 aliphatic rings. The molecule has 1 saturated heterocycles. The first-order valence-electron chi connectivity index (χ1n) is 11.2. The number of carbonyl (C=O) groups excluding carboxylic acids is 2. The lowest BCUT2D eigenvalue weighted by Gasteiger charge is -2.31. The summed E-state index contributed by atoms with van der Waals surface area (Å²) >= 11 is 0. The molecule has 0 bridgehead atoms. The summed E-state index contributed by atoms with van der Waals surface area (Å²) in [4.78, 5) is 24.2. The maximum Gasteiger partial charge on any atom is 0.243 e. The molecule has 1 aliphatic carbocycles. The number of nitrogens with zero attached hydrogens (tertiary/aromatic N) is 1. The third kappa shape index (κ3) is 5.25. The Bertz CT molecular complexity index is 1170. The molecule has 1 aliphatic heterocycles. The molecule has 2 aromatic rings. The third-order valence-corrected chi connectivity index (χ3v) is 8.22. The van der Waals surface area contributed by atoms with Gasteiger partial charge in [-0.05, 0) is 80.0 Å². The SMILES string of the molecule is CC(=O)Nc1ccc(F)c(NC(=O)C2CCN(S(=O)(=O)c3ccc4c(c3)CCCC4)CC2)c1. The van der Waals surface area contributed by atoms with Crippen molar-refractivity contribution in [3.05, 3.63) is 53.3 Å². The summed E-state index contributed by atoms with van der Waals surface area (Å²) in [5.74, 6) is -1.69. The van der Waals surface area contributed by atoms with Crippen molar-refractivity contribution in [2.75, 3.05) is 23.7 Å². The molecule has 0 radical (unpaired) electrons. The number of anilines is 2. The first-order valence-corrected chi connectivity index (χ1v) is 12.7. The van der Waals surface area contributed by atoms with Crippen molar-refractivity contribution in [1.82, 2.24) is 4.31 Å². The molecule has 0 unspecified atom stereocenters. The molecular formula is C24H28FN3O4S. The van der Waals surface area contributed by atoms with E-state index in [0.29, 0.717) is 23.4 Å². The number of carbonyl (C=O) groups is 2. The van der Waals surface area contributed by atoms with Gasteiger partial charge in [0.2, 0.25) is 21.8 Å². The van der Waals surface area contributed by atoms with Crippen LogP contribution < -0.4 is 10.6 Å². The number of rotatable bonds is 5. The first-order chi connectivity index (χ1) is 15.7. The zero-order chi connectivity index (χ0) is 23.6. The second-order valence-electron chi connectivity index (χ2n) is 8.68. The molecule has 1 heterocycles. The van der Waals surface area contributed by atoms with Gasteiger partial charge >= 0.3 is 0 Å². The summed E-state index contributed by atoms with van der Waals surface area (Å²) in [5.41, 5.74) is 2.70. The number of piperidine rings is 1. The molecule has 9 heteroatoms. The standard InChI is InChI=1S/C24H28FN3O4S/c1-16(29)26-20-7-9-22(25)23(15-20)27-24(30)18-10-12-28(13-11-18)33(31,32)21-8-6-17-4-2-3-5-19(17)14-21/h6-9,14-15,18H,2-5,10-13H2,1H3,(H,26,29)(H,27,30). The molecule has 0 atom stereocenters. The van der Waals surface area contributed by atoms with Crippen LogP contribution in [0.5, 0.6) is 0 Å². The summed E-state index contributed by atoms with van der Waals surface area (Å²) in [7, 11) is -3.63. The van der Waals surface area contributed by atoms with Crippen molar-refractivity contribution < 1.29 is 22.4 Å². The zero-order valence-corrected chi connectivity index (χ0v) is 19.4. The van der Waals surface area contributed by atoms with Crippen molar-refractivity contribution in [2.45, 2.75) is 50.3 Å². The Morgan fingerprint density at radius 2 is 1.67 bits per heavy atom. The van der Waals surface area contributed by atoms with E-state index in [4.69, 9.17) is 0 Å². The largest absolute Gasteiger partial charge is 0.326 e. The Morgan fingerprint density at radius 1 is 0.970 bits per heavy atom. The van der Waals surface area contributed by atoms with Crippen molar-refractivity contribution in [3.63, 3.8) is 0 Å². The van der Waals surface area contributed by atoms with Crippen LogP contribution in [0.25, 0.3) is 0 Å². The molecule has 0 spiro atoms. The maximum atomic E-state index is 14.1. The van der Waals surface area contributed by atoms with Crippen LogP contribution in [0.2, 0.25) is 0 Å². The van der Waals surface area contributed by atoms with Crippen molar-refractivity contribution in [2.24, 2.45) is 5.92 Å². The highest BCUT2D eigenvalue weighted by molar-refractivity contribution is 7.89. The molecule has 2 amide bonds. The van der Waals surface area contributed by atoms with Crippen molar-refractivity contribution >= 4 is 33.2 Å². The quantitative estimate of drug-likeness (QED) is 0.692. The van der Waals surface area contributed by atoms with E-state index < -0.39 is 21.8 Å². The van der Waals surface area contributed by atoms with Gasteiger partial charge in [0.15, 0.2) is 0 Å². The fourth-order valence-electron chi connectivity index (χ4n) is 4.51. The van der Waals surface area contributed by atoms with E-state index in [0.717, 1.165) is 31.2 Å². The Kier molecular flexibility index (Phi) is 6.81. The lowest BCUT2D eigenvalue weighted by molar-refractivity contribution is -0.121. The minimum atomic E-state index is -3.63. The first kappa shape index (κ1) is 23.4. The fraction of sp³-hybridized carbons (Fsp3) is 0.417. The predicted octanol–water partition coefficient (Wildman–Crippen LogP) is 3.70. The Balaban J connectivity index is 1.39. The summed E-state index contributed by atoms with van der Waals surface area (Å²) in [5, 5.41) is 5.13. The third-order valence-electron chi connectivity index (χ3n) is 6.33. The number of hydrogen-bond donors (Lipinski definition) is 2. The van der Waals surface area contributed by atoms with E-state index in [9.17, 15) is 22.4 Å². The highest BCUT2D eigenvalue weighted by Crippen LogP contribution is 2.29. The van der Waals surface area contributed by atoms with Crippen LogP contribution in [-0.4, -0.2) is 37.6 Å². The Labute approximate surface area is 193 Å². The van der Waals surface area contributed by atoms with Crippen molar-refractivity contribution in [1.29, 1.82) is 0 Å². The van der Waals surface area contributed by atoms with Crippen LogP contribution in [0.15, 0.2) is 41.3 Å². The van der Waals surface area contributed by atoms with Crippen LogP contribution in [0.1, 0.15) is 43.7 Å². The average Bonchev–Trinajstić information content (AvgIpc) is 2.80. The Hall–Kier alpha value is -2.78. The van der Waals surface area contributed by atoms with Crippen LogP contribution in [0.4, 0.5) is 15.8 Å². The molecule has 2 N–H and O–H groups in total. The molecule has 33 heavy (non-hydrogen) atoms. The van der Waals surface area contributed by atoms with Gasteiger partial charge in [-0.1, -0.05) is 6.07 Å². The number of aryl methyl sites for hydroxylation is 2. The second kappa shape index (κ2) is 9.61. The number of fused-ring (bicyclic) bond motifs is 1. The number of hydrogen-bond acceptors (Lipinski definition) is 4. The van der Waals surface area contributed by atoms with Gasteiger partial charge in [0.1, 0.15) is 5.82 Å². The van der Waals surface area contributed by atoms with E-state index in [-0.39, 0.29) is 30.6 Å². The van der Waals surface area contributed by atoms with E-state index in [1.807, 2.05) is 6.07 Å². The Morgan fingerprint density at radius 3 is 2.36 bits per heavy atom. The van der Waals surface area contributed by atoms with Gasteiger partial charge in [0.05, 0.1) is 10.6 Å². The van der Waals surface area contributed by atoms with Gasteiger partial charge in [-0.15, -0.1) is 0 Å². The molecule has 0 aromatic heterocycles. The van der Waals surface area contributed by atoms with Gasteiger partial charge < -0.3 is 10.6 Å². The topological polar surface area (TPSA) is 95.6 Å². The number of benzene rings is 2. The summed E-state index contributed by atoms with van der Waals surface area (Å²) in [6.45, 7) is 1.80. The minimum Gasteiger partial charge on any atom is -0.326 e. The molecule has 4 rings (SSSR count). The van der Waals surface area contributed by atoms with Crippen molar-refractivity contribution in [3.8, 4) is 0 Å². The second-order valence-corrected chi connectivity index (χ2v) is 10.6. The number of amides is 2. The highest BCUT2D eigenvalue weighted by atomic mass is 32.2. The summed E-state index contributed by atoms with van der Waals surface area (Å²) < 4.78 is 41.9. The number of nitrogens with one attached hydrogen (secondary N) is 2. The highest BCUT2D eigenvalue weighted by Gasteiger charge is 2.32. The fourth-order valence-corrected chi connectivity index (χ4v) is 6.04. The van der Waals surface area contributed by atoms with Gasteiger partial charge in [-0.2, -0.15) is 4.31 Å². The average molecular weight is 474 g/mol. The summed E-state index contributed by atoms with van der Waals surface area (Å²) in [6, 6.07) is 9.36. The lowest BCUT2D eigenvalue weighted by Crippen LogP contribution is -2.41. The van der Waals surface area contributed by atoms with E-state index in [2.05, 4.69) is 10.6 Å². The predicted molar refractivity (Wildman–Crippen MR) is 124 cm³/mol. The van der Waals surface area contributed by atoms with Crippen LogP contribution in [0.3, 0.4) is 0 Å². The molecular weight excluding hydrogens is 445 g/mol. The molecule has 1 fully saturated rings. The van der Waals surface area contributed by atoms with Gasteiger partial charge in [-0.25, -0.2) is 12.8 Å². The minimum absolute atomic E-state index is 0.0182. The number of sulfonamides is 1. The van der Waals surface area contributed by atoms with Gasteiger partial charge in [0, 0.05) is 31.6 Å². The molecule has 176 valence electrons. The normalized spacial score (nSPS) is 17.3.